The van der Waals surface area contributed by atoms with Crippen molar-refractivity contribution in [2.45, 2.75) is 25.3 Å². The molecule has 0 aliphatic heterocycles. The molecule has 1 aromatic rings. The van der Waals surface area contributed by atoms with Crippen molar-refractivity contribution in [1.82, 2.24) is 5.32 Å². The lowest BCUT2D eigenvalue weighted by molar-refractivity contribution is -0.139. The van der Waals surface area contributed by atoms with Gasteiger partial charge in [0.1, 0.15) is 6.04 Å². The molecule has 0 heterocycles. The molecule has 0 radical (unpaired) electrons. The number of carbonyl (C=O) groups is 2. The third-order valence-corrected chi connectivity index (χ3v) is 2.95. The van der Waals surface area contributed by atoms with Crippen LogP contribution in [0, 0.1) is 0 Å². The summed E-state index contributed by atoms with van der Waals surface area (Å²) < 4.78 is 0. The van der Waals surface area contributed by atoms with Crippen molar-refractivity contribution in [1.29, 1.82) is 0 Å². The highest BCUT2D eigenvalue weighted by Crippen LogP contribution is 2.15. The van der Waals surface area contributed by atoms with Gasteiger partial charge in [-0.1, -0.05) is 29.8 Å². The first-order valence-electron chi connectivity index (χ1n) is 5.95. The number of hydrogen-bond donors (Lipinski definition) is 2. The molecule has 102 valence electrons. The second-order valence-electron chi connectivity index (χ2n) is 4.06. The van der Waals surface area contributed by atoms with E-state index in [1.807, 2.05) is 0 Å². The van der Waals surface area contributed by atoms with Crippen molar-refractivity contribution in [3.8, 4) is 0 Å². The number of carbonyl (C=O) groups excluding carboxylic acids is 1. The Balaban J connectivity index is 2.69. The molecule has 1 atom stereocenters. The zero-order valence-electron chi connectivity index (χ0n) is 10.4. The molecule has 5 heteroatoms. The summed E-state index contributed by atoms with van der Waals surface area (Å²) in [5, 5.41) is 11.8. The number of hydrogen-bond acceptors (Lipinski definition) is 2. The van der Waals surface area contributed by atoms with Crippen LogP contribution in [0.3, 0.4) is 0 Å². The third kappa shape index (κ3) is 4.75. The second-order valence-corrected chi connectivity index (χ2v) is 4.47. The molecule has 0 aromatic heterocycles. The Morgan fingerprint density at radius 1 is 1.42 bits per heavy atom. The summed E-state index contributed by atoms with van der Waals surface area (Å²) in [5.41, 5.74) is 0.277. The molecule has 19 heavy (non-hydrogen) atoms. The van der Waals surface area contributed by atoms with Crippen molar-refractivity contribution in [3.63, 3.8) is 0 Å². The van der Waals surface area contributed by atoms with Crippen molar-refractivity contribution in [2.24, 2.45) is 0 Å². The number of carboxylic acids is 1. The number of amides is 1. The zero-order valence-corrected chi connectivity index (χ0v) is 11.2. The minimum absolute atomic E-state index is 0.277. The van der Waals surface area contributed by atoms with E-state index < -0.39 is 17.9 Å². The summed E-state index contributed by atoms with van der Waals surface area (Å²) in [6, 6.07) is 5.61. The van der Waals surface area contributed by atoms with Crippen LogP contribution in [0.5, 0.6) is 0 Å². The summed E-state index contributed by atoms with van der Waals surface area (Å²) in [6.07, 6.45) is 3.45. The van der Waals surface area contributed by atoms with Crippen molar-refractivity contribution < 1.29 is 14.7 Å². The summed E-state index contributed by atoms with van der Waals surface area (Å²) >= 11 is 5.89. The first-order chi connectivity index (χ1) is 9.06. The minimum atomic E-state index is -1.05. The Bertz CT molecular complexity index is 474. The maximum atomic E-state index is 11.9. The van der Waals surface area contributed by atoms with E-state index in [1.54, 1.807) is 30.3 Å². The van der Waals surface area contributed by atoms with Crippen LogP contribution in [0.15, 0.2) is 36.9 Å². The van der Waals surface area contributed by atoms with E-state index in [4.69, 9.17) is 16.7 Å². The number of aliphatic carboxylic acids is 1. The topological polar surface area (TPSA) is 66.4 Å². The monoisotopic (exact) mass is 281 g/mol. The van der Waals surface area contributed by atoms with Gasteiger partial charge in [0.15, 0.2) is 0 Å². The summed E-state index contributed by atoms with van der Waals surface area (Å²) in [4.78, 5) is 23.0. The van der Waals surface area contributed by atoms with E-state index in [0.717, 1.165) is 0 Å². The van der Waals surface area contributed by atoms with E-state index in [-0.39, 0.29) is 5.56 Å². The standard InChI is InChI=1S/C14H16ClNO3/c1-2-3-4-9-12(14(18)19)16-13(17)10-7-5-6-8-11(10)15/h2,5-8,12H,1,3-4,9H2,(H,16,17)(H,18,19)/t12-/m1/s1. The van der Waals surface area contributed by atoms with Gasteiger partial charge in [-0.3, -0.25) is 4.79 Å². The van der Waals surface area contributed by atoms with Crippen LogP contribution in [-0.2, 0) is 4.79 Å². The van der Waals surface area contributed by atoms with E-state index in [0.29, 0.717) is 24.3 Å². The maximum Gasteiger partial charge on any atom is 0.326 e. The Hall–Kier alpha value is -1.81. The fraction of sp³-hybridized carbons (Fsp3) is 0.286. The molecule has 1 aromatic carbocycles. The highest BCUT2D eigenvalue weighted by Gasteiger charge is 2.20. The molecule has 4 nitrogen and oxygen atoms in total. The number of nitrogens with one attached hydrogen (secondary N) is 1. The lowest BCUT2D eigenvalue weighted by atomic mass is 10.1. The Kier molecular flexibility index (Phi) is 6.09. The minimum Gasteiger partial charge on any atom is -0.480 e. The molecule has 0 bridgehead atoms. The molecule has 0 aliphatic rings. The van der Waals surface area contributed by atoms with Crippen LogP contribution in [0.25, 0.3) is 0 Å². The maximum absolute atomic E-state index is 11.9. The number of allylic oxidation sites excluding steroid dienone is 1. The highest BCUT2D eigenvalue weighted by atomic mass is 35.5. The van der Waals surface area contributed by atoms with Crippen LogP contribution < -0.4 is 5.32 Å². The van der Waals surface area contributed by atoms with E-state index in [9.17, 15) is 9.59 Å². The van der Waals surface area contributed by atoms with Gasteiger partial charge >= 0.3 is 5.97 Å². The van der Waals surface area contributed by atoms with Crippen LogP contribution in [0.2, 0.25) is 5.02 Å². The van der Waals surface area contributed by atoms with Crippen molar-refractivity contribution in [3.05, 3.63) is 47.5 Å². The van der Waals surface area contributed by atoms with Crippen LogP contribution in [0.4, 0.5) is 0 Å². The Morgan fingerprint density at radius 3 is 2.68 bits per heavy atom. The fourth-order valence-electron chi connectivity index (χ4n) is 1.61. The van der Waals surface area contributed by atoms with Crippen LogP contribution >= 0.6 is 11.6 Å². The zero-order chi connectivity index (χ0) is 14.3. The van der Waals surface area contributed by atoms with Gasteiger partial charge < -0.3 is 10.4 Å². The van der Waals surface area contributed by atoms with Crippen molar-refractivity contribution in [2.75, 3.05) is 0 Å². The normalized spacial score (nSPS) is 11.6. The van der Waals surface area contributed by atoms with Gasteiger partial charge in [0.25, 0.3) is 5.91 Å². The molecule has 0 fully saturated rings. The third-order valence-electron chi connectivity index (χ3n) is 2.62. The predicted molar refractivity (Wildman–Crippen MR) is 74.4 cm³/mol. The Labute approximate surface area is 117 Å². The molecular formula is C14H16ClNO3. The average Bonchev–Trinajstić information content (AvgIpc) is 2.38. The second kappa shape index (κ2) is 7.59. The average molecular weight is 282 g/mol. The molecule has 0 spiro atoms. The van der Waals surface area contributed by atoms with Crippen LogP contribution in [0.1, 0.15) is 29.6 Å². The van der Waals surface area contributed by atoms with E-state index >= 15 is 0 Å². The lowest BCUT2D eigenvalue weighted by Crippen LogP contribution is -2.40. The fourth-order valence-corrected chi connectivity index (χ4v) is 1.83. The van der Waals surface area contributed by atoms with Gasteiger partial charge in [-0.2, -0.15) is 0 Å². The molecule has 0 saturated carbocycles. The van der Waals surface area contributed by atoms with Crippen molar-refractivity contribution >= 4 is 23.5 Å². The highest BCUT2D eigenvalue weighted by molar-refractivity contribution is 6.33. The van der Waals surface area contributed by atoms with E-state index in [2.05, 4.69) is 11.9 Å². The molecule has 0 saturated heterocycles. The summed E-state index contributed by atoms with van der Waals surface area (Å²) in [7, 11) is 0. The molecule has 2 N–H and O–H groups in total. The smallest absolute Gasteiger partial charge is 0.326 e. The number of carboxylic acid groups (broad SMARTS) is 1. The van der Waals surface area contributed by atoms with Crippen LogP contribution in [-0.4, -0.2) is 23.0 Å². The lowest BCUT2D eigenvalue weighted by Gasteiger charge is -2.14. The quantitative estimate of drug-likeness (QED) is 0.596. The molecule has 0 unspecified atom stereocenters. The molecule has 0 aliphatic carbocycles. The largest absolute Gasteiger partial charge is 0.480 e. The number of halogens is 1. The predicted octanol–water partition coefficient (Wildman–Crippen LogP) is 2.88. The van der Waals surface area contributed by atoms with Gasteiger partial charge in [0.2, 0.25) is 0 Å². The first kappa shape index (κ1) is 15.2. The summed E-state index contributed by atoms with van der Waals surface area (Å²) in [5.74, 6) is -1.53. The SMILES string of the molecule is C=CCCC[C@@H](NC(=O)c1ccccc1Cl)C(=O)O. The van der Waals surface area contributed by atoms with Gasteiger partial charge in [0, 0.05) is 0 Å². The van der Waals surface area contributed by atoms with Gasteiger partial charge in [-0.05, 0) is 31.4 Å². The first-order valence-corrected chi connectivity index (χ1v) is 6.33. The number of unbranched alkanes of at least 4 members (excludes halogenated alkanes) is 1. The Morgan fingerprint density at radius 2 is 2.11 bits per heavy atom. The van der Waals surface area contributed by atoms with Gasteiger partial charge in [-0.15, -0.1) is 6.58 Å². The van der Waals surface area contributed by atoms with Gasteiger partial charge in [-0.25, -0.2) is 4.79 Å². The molecule has 1 amide bonds. The van der Waals surface area contributed by atoms with Gasteiger partial charge in [0.05, 0.1) is 10.6 Å². The van der Waals surface area contributed by atoms with E-state index in [1.165, 1.54) is 0 Å². The number of benzene rings is 1. The molecular weight excluding hydrogens is 266 g/mol. The molecule has 1 rings (SSSR count). The number of rotatable bonds is 7. The summed E-state index contributed by atoms with van der Waals surface area (Å²) in [6.45, 7) is 3.57.